The van der Waals surface area contributed by atoms with E-state index in [0.29, 0.717) is 12.8 Å². The lowest BCUT2D eigenvalue weighted by atomic mass is 9.85. The van der Waals surface area contributed by atoms with Gasteiger partial charge in [-0.2, -0.15) is 0 Å². The molecule has 0 aromatic carbocycles. The maximum atomic E-state index is 12.2. The Morgan fingerprint density at radius 1 is 0.920 bits per heavy atom. The SMILES string of the molecule is CCCC1CC2=C(C(=O)OC2=O)C(CO)CC(O)C2=C1C(=O)OC2=O. The van der Waals surface area contributed by atoms with Gasteiger partial charge >= 0.3 is 23.9 Å². The Kier molecular flexibility index (Phi) is 4.57. The molecule has 8 nitrogen and oxygen atoms in total. The lowest BCUT2D eigenvalue weighted by molar-refractivity contribution is -0.153. The molecule has 25 heavy (non-hydrogen) atoms. The maximum Gasteiger partial charge on any atom is 0.345 e. The molecule has 0 fully saturated rings. The highest BCUT2D eigenvalue weighted by Gasteiger charge is 2.46. The highest BCUT2D eigenvalue weighted by Crippen LogP contribution is 2.41. The number of aliphatic hydroxyl groups excluding tert-OH is 2. The minimum atomic E-state index is -1.39. The van der Waals surface area contributed by atoms with Gasteiger partial charge in [-0.15, -0.1) is 0 Å². The van der Waals surface area contributed by atoms with E-state index in [-0.39, 0.29) is 35.1 Å². The first kappa shape index (κ1) is 17.5. The molecule has 0 radical (unpaired) electrons. The van der Waals surface area contributed by atoms with E-state index in [0.717, 1.165) is 0 Å². The van der Waals surface area contributed by atoms with Crippen LogP contribution in [0.4, 0.5) is 0 Å². The fraction of sp³-hybridized carbons (Fsp3) is 0.529. The summed E-state index contributed by atoms with van der Waals surface area (Å²) in [6.45, 7) is 1.36. The van der Waals surface area contributed by atoms with Crippen molar-refractivity contribution in [1.82, 2.24) is 0 Å². The van der Waals surface area contributed by atoms with Gasteiger partial charge in [0.1, 0.15) is 0 Å². The molecule has 0 spiro atoms. The van der Waals surface area contributed by atoms with Crippen LogP contribution in [0.3, 0.4) is 0 Å². The van der Waals surface area contributed by atoms with Crippen molar-refractivity contribution < 1.29 is 38.9 Å². The van der Waals surface area contributed by atoms with Crippen molar-refractivity contribution in [1.29, 1.82) is 0 Å². The summed E-state index contributed by atoms with van der Waals surface area (Å²) >= 11 is 0. The van der Waals surface area contributed by atoms with Gasteiger partial charge in [-0.3, -0.25) is 0 Å². The van der Waals surface area contributed by atoms with E-state index >= 15 is 0 Å². The van der Waals surface area contributed by atoms with Gasteiger partial charge in [0, 0.05) is 11.5 Å². The third-order valence-corrected chi connectivity index (χ3v) is 4.86. The third-order valence-electron chi connectivity index (χ3n) is 4.86. The molecule has 3 rings (SSSR count). The molecule has 2 aliphatic heterocycles. The molecule has 0 bridgehead atoms. The lowest BCUT2D eigenvalue weighted by Crippen LogP contribution is -2.25. The second-order valence-corrected chi connectivity index (χ2v) is 6.39. The number of esters is 4. The molecule has 0 aromatic heterocycles. The van der Waals surface area contributed by atoms with Crippen molar-refractivity contribution in [3.05, 3.63) is 22.3 Å². The predicted molar refractivity (Wildman–Crippen MR) is 80.5 cm³/mol. The van der Waals surface area contributed by atoms with Gasteiger partial charge < -0.3 is 19.7 Å². The van der Waals surface area contributed by atoms with Gasteiger partial charge in [-0.1, -0.05) is 13.3 Å². The Bertz CT molecular complexity index is 729. The zero-order valence-electron chi connectivity index (χ0n) is 13.6. The minimum Gasteiger partial charge on any atom is -0.396 e. The zero-order chi connectivity index (χ0) is 18.3. The molecule has 0 saturated heterocycles. The Labute approximate surface area is 143 Å². The molecule has 3 unspecified atom stereocenters. The van der Waals surface area contributed by atoms with E-state index in [1.807, 2.05) is 6.92 Å². The van der Waals surface area contributed by atoms with Crippen LogP contribution >= 0.6 is 0 Å². The molecule has 1 aliphatic carbocycles. The number of hydrogen-bond acceptors (Lipinski definition) is 8. The van der Waals surface area contributed by atoms with Crippen LogP contribution in [0, 0.1) is 11.8 Å². The molecule has 0 saturated carbocycles. The van der Waals surface area contributed by atoms with E-state index in [2.05, 4.69) is 9.47 Å². The number of hydrogen-bond donors (Lipinski definition) is 2. The molecular weight excluding hydrogens is 332 g/mol. The van der Waals surface area contributed by atoms with Gasteiger partial charge in [-0.05, 0) is 25.2 Å². The number of ether oxygens (including phenoxy) is 2. The number of carbonyl (C=O) groups is 4. The number of rotatable bonds is 3. The van der Waals surface area contributed by atoms with Crippen LogP contribution in [-0.4, -0.2) is 46.8 Å². The summed E-state index contributed by atoms with van der Waals surface area (Å²) in [6, 6.07) is 0. The van der Waals surface area contributed by atoms with Crippen LogP contribution < -0.4 is 0 Å². The second-order valence-electron chi connectivity index (χ2n) is 6.39. The highest BCUT2D eigenvalue weighted by molar-refractivity contribution is 6.15. The third kappa shape index (κ3) is 2.81. The molecule has 134 valence electrons. The highest BCUT2D eigenvalue weighted by atomic mass is 16.6. The predicted octanol–water partition coefficient (Wildman–Crippen LogP) is -0.0741. The first-order valence-corrected chi connectivity index (χ1v) is 8.18. The van der Waals surface area contributed by atoms with Crippen molar-refractivity contribution in [2.45, 2.75) is 38.7 Å². The fourth-order valence-electron chi connectivity index (χ4n) is 3.77. The smallest absolute Gasteiger partial charge is 0.345 e. The molecule has 0 amide bonds. The summed E-state index contributed by atoms with van der Waals surface area (Å²) in [5, 5.41) is 20.1. The summed E-state index contributed by atoms with van der Waals surface area (Å²) in [7, 11) is 0. The molecule has 3 atom stereocenters. The van der Waals surface area contributed by atoms with Crippen LogP contribution in [-0.2, 0) is 28.7 Å². The molecular formula is C17H18O8. The van der Waals surface area contributed by atoms with Gasteiger partial charge in [-0.25, -0.2) is 19.2 Å². The lowest BCUT2D eigenvalue weighted by Gasteiger charge is -2.18. The first-order chi connectivity index (χ1) is 11.9. The Hall–Kier alpha value is -2.32. The second kappa shape index (κ2) is 6.53. The fourth-order valence-corrected chi connectivity index (χ4v) is 3.77. The largest absolute Gasteiger partial charge is 0.396 e. The summed E-state index contributed by atoms with van der Waals surface area (Å²) in [6.07, 6.45) is -0.471. The average molecular weight is 350 g/mol. The van der Waals surface area contributed by atoms with E-state index in [1.165, 1.54) is 0 Å². The van der Waals surface area contributed by atoms with E-state index in [9.17, 15) is 29.4 Å². The van der Waals surface area contributed by atoms with Crippen LogP contribution in [0.1, 0.15) is 32.6 Å². The summed E-state index contributed by atoms with van der Waals surface area (Å²) in [5.41, 5.74) is 0.0334. The molecule has 2 heterocycles. The minimum absolute atomic E-state index is 0.0121. The Balaban J connectivity index is 2.17. The van der Waals surface area contributed by atoms with Crippen molar-refractivity contribution in [3.63, 3.8) is 0 Å². The summed E-state index contributed by atoms with van der Waals surface area (Å²) in [4.78, 5) is 48.3. The molecule has 3 aliphatic rings. The Morgan fingerprint density at radius 2 is 1.52 bits per heavy atom. The van der Waals surface area contributed by atoms with Crippen molar-refractivity contribution >= 4 is 23.9 Å². The van der Waals surface area contributed by atoms with Crippen molar-refractivity contribution in [2.75, 3.05) is 6.61 Å². The average Bonchev–Trinajstić information content (AvgIpc) is 3.00. The first-order valence-electron chi connectivity index (χ1n) is 8.18. The maximum absolute atomic E-state index is 12.2. The zero-order valence-corrected chi connectivity index (χ0v) is 13.6. The molecule has 0 aromatic rings. The molecule has 2 N–H and O–H groups in total. The van der Waals surface area contributed by atoms with Crippen molar-refractivity contribution in [2.24, 2.45) is 11.8 Å². The van der Waals surface area contributed by atoms with Gasteiger partial charge in [0.2, 0.25) is 0 Å². The van der Waals surface area contributed by atoms with Crippen LogP contribution in [0.5, 0.6) is 0 Å². The molecule has 8 heteroatoms. The monoisotopic (exact) mass is 350 g/mol. The normalized spacial score (nSPS) is 29.8. The van der Waals surface area contributed by atoms with Crippen molar-refractivity contribution in [3.8, 4) is 0 Å². The van der Waals surface area contributed by atoms with Gasteiger partial charge in [0.25, 0.3) is 0 Å². The number of carbonyl (C=O) groups excluding carboxylic acids is 4. The van der Waals surface area contributed by atoms with Gasteiger partial charge in [0.05, 0.1) is 29.4 Å². The number of cyclic esters (lactones) is 4. The Morgan fingerprint density at radius 3 is 2.16 bits per heavy atom. The standard InChI is InChI=1S/C17H18O8/c1-2-3-7-4-9-11(15(21)24-14(9)20)8(6-18)5-10(19)13-12(7)16(22)25-17(13)23/h7-8,10,18-19H,2-6H2,1H3. The van der Waals surface area contributed by atoms with E-state index < -0.39 is 48.4 Å². The quantitative estimate of drug-likeness (QED) is 0.535. The van der Waals surface area contributed by atoms with Crippen LogP contribution in [0.2, 0.25) is 0 Å². The van der Waals surface area contributed by atoms with Gasteiger partial charge in [0.15, 0.2) is 0 Å². The van der Waals surface area contributed by atoms with Crippen LogP contribution in [0.15, 0.2) is 22.3 Å². The van der Waals surface area contributed by atoms with E-state index in [1.54, 1.807) is 0 Å². The van der Waals surface area contributed by atoms with Crippen LogP contribution in [0.25, 0.3) is 0 Å². The van der Waals surface area contributed by atoms with E-state index in [4.69, 9.17) is 0 Å². The number of aliphatic hydroxyl groups is 2. The summed E-state index contributed by atoms with van der Waals surface area (Å²) < 4.78 is 9.33. The topological polar surface area (TPSA) is 127 Å². The summed E-state index contributed by atoms with van der Waals surface area (Å²) in [5.74, 6) is -4.84.